The molecular weight excluding hydrogens is 190 g/mol. The predicted molar refractivity (Wildman–Crippen MR) is 47.7 cm³/mol. The first-order valence-corrected chi connectivity index (χ1v) is 4.29. The van der Waals surface area contributed by atoms with Crippen molar-refractivity contribution in [1.29, 1.82) is 0 Å². The van der Waals surface area contributed by atoms with Gasteiger partial charge in [-0.05, 0) is 13.8 Å². The molecule has 0 aliphatic carbocycles. The maximum atomic E-state index is 10.9. The zero-order chi connectivity index (χ0) is 11.1. The second-order valence-corrected chi connectivity index (χ2v) is 2.49. The Bertz CT molecular complexity index is 184. The molecule has 0 unspecified atom stereocenters. The molecule has 1 amide bonds. The summed E-state index contributed by atoms with van der Waals surface area (Å²) in [6.45, 7) is 3.64. The molecule has 3 N–H and O–H groups in total. The number of carboxylic acid groups (broad SMARTS) is 1. The quantitative estimate of drug-likeness (QED) is 0.576. The van der Waals surface area contributed by atoms with E-state index in [1.807, 2.05) is 0 Å². The van der Waals surface area contributed by atoms with Crippen LogP contribution in [0.1, 0.15) is 13.8 Å². The molecule has 0 aromatic rings. The first kappa shape index (κ1) is 12.9. The number of hydrogen-bond donors (Lipinski definition) is 2. The van der Waals surface area contributed by atoms with Gasteiger partial charge in [0.1, 0.15) is 0 Å². The summed E-state index contributed by atoms with van der Waals surface area (Å²) in [5.74, 6) is -2.10. The molecule has 0 rings (SSSR count). The monoisotopic (exact) mass is 205 g/mol. The van der Waals surface area contributed by atoms with Gasteiger partial charge < -0.3 is 20.3 Å². The van der Waals surface area contributed by atoms with Crippen molar-refractivity contribution in [3.63, 3.8) is 0 Å². The van der Waals surface area contributed by atoms with Gasteiger partial charge in [-0.15, -0.1) is 0 Å². The van der Waals surface area contributed by atoms with Crippen LogP contribution in [0.3, 0.4) is 0 Å². The summed E-state index contributed by atoms with van der Waals surface area (Å²) in [5.41, 5.74) is 4.98. The molecule has 0 saturated heterocycles. The summed E-state index contributed by atoms with van der Waals surface area (Å²) in [7, 11) is 0. The Kier molecular flexibility index (Phi) is 5.82. The summed E-state index contributed by atoms with van der Waals surface area (Å²) in [6, 6.07) is 0. The second-order valence-electron chi connectivity index (χ2n) is 2.49. The third kappa shape index (κ3) is 3.71. The lowest BCUT2D eigenvalue weighted by atomic mass is 10.2. The molecule has 2 atom stereocenters. The molecule has 0 radical (unpaired) electrons. The minimum absolute atomic E-state index is 0.174. The highest BCUT2D eigenvalue weighted by molar-refractivity contribution is 5.86. The Labute approximate surface area is 82.0 Å². The fraction of sp³-hybridized carbons (Fsp3) is 0.750. The number of rotatable bonds is 7. The molecule has 0 aromatic heterocycles. The van der Waals surface area contributed by atoms with Gasteiger partial charge in [-0.25, -0.2) is 4.79 Å². The highest BCUT2D eigenvalue weighted by Gasteiger charge is 2.33. The predicted octanol–water partition coefficient (Wildman–Crippen LogP) is -0.633. The van der Waals surface area contributed by atoms with E-state index in [9.17, 15) is 9.59 Å². The molecule has 0 fully saturated rings. The summed E-state index contributed by atoms with van der Waals surface area (Å²) in [5, 5.41) is 8.74. The molecule has 82 valence electrons. The number of aliphatic carboxylic acids is 1. The summed E-state index contributed by atoms with van der Waals surface area (Å²) in [6.07, 6.45) is -2.57. The van der Waals surface area contributed by atoms with Crippen LogP contribution in [0.5, 0.6) is 0 Å². The maximum absolute atomic E-state index is 10.9. The zero-order valence-corrected chi connectivity index (χ0v) is 8.23. The van der Waals surface area contributed by atoms with Crippen molar-refractivity contribution >= 4 is 11.9 Å². The number of carboxylic acids is 1. The van der Waals surface area contributed by atoms with Gasteiger partial charge in [-0.3, -0.25) is 4.79 Å². The number of carbonyl (C=O) groups is 2. The topological polar surface area (TPSA) is 98.9 Å². The Morgan fingerprint density at radius 3 is 1.93 bits per heavy atom. The average Bonchev–Trinajstić information content (AvgIpc) is 2.10. The van der Waals surface area contributed by atoms with Gasteiger partial charge in [0, 0.05) is 13.2 Å². The van der Waals surface area contributed by atoms with E-state index < -0.39 is 24.1 Å². The van der Waals surface area contributed by atoms with Crippen LogP contribution in [-0.2, 0) is 19.1 Å². The first-order chi connectivity index (χ1) is 6.54. The molecule has 0 spiro atoms. The van der Waals surface area contributed by atoms with Gasteiger partial charge in [0.15, 0.2) is 12.2 Å². The van der Waals surface area contributed by atoms with Crippen LogP contribution in [0.15, 0.2) is 0 Å². The van der Waals surface area contributed by atoms with Crippen LogP contribution < -0.4 is 5.73 Å². The molecule has 0 aliphatic heterocycles. The average molecular weight is 205 g/mol. The lowest BCUT2D eigenvalue weighted by Gasteiger charge is -2.20. The summed E-state index contributed by atoms with van der Waals surface area (Å²) >= 11 is 0. The fourth-order valence-corrected chi connectivity index (χ4v) is 0.966. The van der Waals surface area contributed by atoms with Crippen LogP contribution in [0.2, 0.25) is 0 Å². The van der Waals surface area contributed by atoms with Crippen LogP contribution in [-0.4, -0.2) is 42.4 Å². The second kappa shape index (κ2) is 6.33. The first-order valence-electron chi connectivity index (χ1n) is 4.29. The van der Waals surface area contributed by atoms with Gasteiger partial charge in [0.05, 0.1) is 0 Å². The van der Waals surface area contributed by atoms with Crippen LogP contribution in [0, 0.1) is 0 Å². The molecule has 0 aliphatic rings. The van der Waals surface area contributed by atoms with Gasteiger partial charge in [0.2, 0.25) is 5.91 Å². The minimum Gasteiger partial charge on any atom is -0.479 e. The Morgan fingerprint density at radius 2 is 1.64 bits per heavy atom. The van der Waals surface area contributed by atoms with Gasteiger partial charge >= 0.3 is 5.97 Å². The molecular formula is C8H15NO5. The molecule has 6 heteroatoms. The Morgan fingerprint density at radius 1 is 1.21 bits per heavy atom. The third-order valence-corrected chi connectivity index (χ3v) is 1.49. The van der Waals surface area contributed by atoms with Crippen LogP contribution >= 0.6 is 0 Å². The van der Waals surface area contributed by atoms with E-state index in [-0.39, 0.29) is 13.2 Å². The van der Waals surface area contributed by atoms with Crippen molar-refractivity contribution in [3.8, 4) is 0 Å². The van der Waals surface area contributed by atoms with Crippen molar-refractivity contribution in [2.45, 2.75) is 26.1 Å². The Hall–Kier alpha value is -1.14. The molecule has 0 heterocycles. The van der Waals surface area contributed by atoms with Gasteiger partial charge in [-0.2, -0.15) is 0 Å². The molecule has 0 bridgehead atoms. The van der Waals surface area contributed by atoms with Crippen molar-refractivity contribution < 1.29 is 24.2 Å². The highest BCUT2D eigenvalue weighted by atomic mass is 16.6. The molecule has 0 saturated carbocycles. The van der Waals surface area contributed by atoms with E-state index in [1.54, 1.807) is 13.8 Å². The Balaban J connectivity index is 4.54. The summed E-state index contributed by atoms with van der Waals surface area (Å²) < 4.78 is 9.75. The van der Waals surface area contributed by atoms with E-state index in [2.05, 4.69) is 0 Å². The van der Waals surface area contributed by atoms with E-state index >= 15 is 0 Å². The van der Waals surface area contributed by atoms with E-state index in [4.69, 9.17) is 20.3 Å². The fourth-order valence-electron chi connectivity index (χ4n) is 0.966. The lowest BCUT2D eigenvalue weighted by Crippen LogP contribution is -2.46. The number of nitrogens with two attached hydrogens (primary N) is 1. The highest BCUT2D eigenvalue weighted by Crippen LogP contribution is 2.04. The van der Waals surface area contributed by atoms with Crippen molar-refractivity contribution in [2.75, 3.05) is 13.2 Å². The van der Waals surface area contributed by atoms with Gasteiger partial charge in [-0.1, -0.05) is 0 Å². The molecule has 0 aromatic carbocycles. The minimum atomic E-state index is -1.34. The van der Waals surface area contributed by atoms with Crippen molar-refractivity contribution in [3.05, 3.63) is 0 Å². The smallest absolute Gasteiger partial charge is 0.336 e. The number of ether oxygens (including phenoxy) is 2. The number of carbonyl (C=O) groups excluding carboxylic acids is 1. The third-order valence-electron chi connectivity index (χ3n) is 1.49. The van der Waals surface area contributed by atoms with E-state index in [0.717, 1.165) is 0 Å². The van der Waals surface area contributed by atoms with Crippen LogP contribution in [0.25, 0.3) is 0 Å². The number of hydrogen-bond acceptors (Lipinski definition) is 4. The normalized spacial score (nSPS) is 14.7. The molecule has 6 nitrogen and oxygen atoms in total. The zero-order valence-electron chi connectivity index (χ0n) is 8.23. The van der Waals surface area contributed by atoms with E-state index in [0.29, 0.717) is 0 Å². The maximum Gasteiger partial charge on any atom is 0.336 e. The van der Waals surface area contributed by atoms with E-state index in [1.165, 1.54) is 0 Å². The lowest BCUT2D eigenvalue weighted by molar-refractivity contribution is -0.166. The largest absolute Gasteiger partial charge is 0.479 e. The summed E-state index contributed by atoms with van der Waals surface area (Å²) in [4.78, 5) is 21.6. The van der Waals surface area contributed by atoms with Crippen molar-refractivity contribution in [2.24, 2.45) is 5.73 Å². The van der Waals surface area contributed by atoms with Crippen molar-refractivity contribution in [1.82, 2.24) is 0 Å². The van der Waals surface area contributed by atoms with Crippen LogP contribution in [0.4, 0.5) is 0 Å². The molecule has 14 heavy (non-hydrogen) atoms. The van der Waals surface area contributed by atoms with Gasteiger partial charge in [0.25, 0.3) is 0 Å². The number of amides is 1. The number of primary amides is 1. The standard InChI is InChI=1S/C8H15NO5/c1-3-13-5(7(9)10)6(8(11)12)14-4-2/h5-6H,3-4H2,1-2H3,(H2,9,10)(H,11,12)/t5-,6-/m0/s1. The SMILES string of the molecule is CCO[C@H](C(N)=O)[C@H](OCC)C(=O)O.